The van der Waals surface area contributed by atoms with Gasteiger partial charge in [-0.15, -0.1) is 0 Å². The molecule has 1 atom stereocenters. The van der Waals surface area contributed by atoms with Crippen LogP contribution in [0, 0.1) is 17.0 Å². The summed E-state index contributed by atoms with van der Waals surface area (Å²) in [5.41, 5.74) is 2.85. The van der Waals surface area contributed by atoms with Crippen LogP contribution in [0.25, 0.3) is 11.4 Å². The van der Waals surface area contributed by atoms with Crippen molar-refractivity contribution in [2.45, 2.75) is 19.9 Å². The summed E-state index contributed by atoms with van der Waals surface area (Å²) >= 11 is 0. The molecule has 2 heterocycles. The number of amides is 1. The standard InChI is InChI=1S/C21H19N5O4/c1-12-8-19(25-21(22-12)15-4-3-5-16(9-15)26(28)29)23-13(2)14-6-7-18-17(10-14)24-20(27)11-30-18/h3-10,13H,11H2,1-2H3,(H,24,27)(H,22,23,25). The van der Waals surface area contributed by atoms with E-state index in [9.17, 15) is 14.9 Å². The first-order valence-corrected chi connectivity index (χ1v) is 9.33. The highest BCUT2D eigenvalue weighted by Gasteiger charge is 2.18. The Kier molecular flexibility index (Phi) is 5.01. The van der Waals surface area contributed by atoms with E-state index < -0.39 is 4.92 Å². The van der Waals surface area contributed by atoms with Gasteiger partial charge in [-0.1, -0.05) is 18.2 Å². The molecule has 1 aliphatic heterocycles. The third-order valence-electron chi connectivity index (χ3n) is 4.67. The van der Waals surface area contributed by atoms with Gasteiger partial charge in [-0.3, -0.25) is 14.9 Å². The Morgan fingerprint density at radius 3 is 2.83 bits per heavy atom. The molecule has 1 aromatic heterocycles. The lowest BCUT2D eigenvalue weighted by Crippen LogP contribution is -2.25. The number of aryl methyl sites for hydroxylation is 1. The molecule has 9 nitrogen and oxygen atoms in total. The van der Waals surface area contributed by atoms with Gasteiger partial charge in [0, 0.05) is 29.5 Å². The molecule has 2 N–H and O–H groups in total. The molecule has 4 rings (SSSR count). The molecule has 3 aromatic rings. The van der Waals surface area contributed by atoms with Gasteiger partial charge in [0.05, 0.1) is 16.7 Å². The molecule has 9 heteroatoms. The number of rotatable bonds is 5. The zero-order valence-electron chi connectivity index (χ0n) is 16.4. The summed E-state index contributed by atoms with van der Waals surface area (Å²) in [5, 5.41) is 17.2. The summed E-state index contributed by atoms with van der Waals surface area (Å²) in [4.78, 5) is 31.1. The fraction of sp³-hybridized carbons (Fsp3) is 0.190. The average molecular weight is 405 g/mol. The van der Waals surface area contributed by atoms with Crippen LogP contribution in [0.5, 0.6) is 5.75 Å². The number of benzene rings is 2. The molecule has 1 unspecified atom stereocenters. The number of nitrogens with zero attached hydrogens (tertiary/aromatic N) is 3. The number of anilines is 2. The molecule has 152 valence electrons. The quantitative estimate of drug-likeness (QED) is 0.488. The molecule has 30 heavy (non-hydrogen) atoms. The molecule has 1 aliphatic rings. The number of hydrogen-bond donors (Lipinski definition) is 2. The van der Waals surface area contributed by atoms with Gasteiger partial charge in [0.15, 0.2) is 12.4 Å². The second kappa shape index (κ2) is 7.78. The molecule has 0 saturated carbocycles. The zero-order chi connectivity index (χ0) is 21.3. The van der Waals surface area contributed by atoms with E-state index >= 15 is 0 Å². The number of nitro benzene ring substituents is 1. The molecule has 1 amide bonds. The Bertz CT molecular complexity index is 1150. The lowest BCUT2D eigenvalue weighted by Gasteiger charge is -2.21. The molecule has 0 bridgehead atoms. The summed E-state index contributed by atoms with van der Waals surface area (Å²) in [6, 6.07) is 13.5. The van der Waals surface area contributed by atoms with Crippen LogP contribution in [0.1, 0.15) is 24.2 Å². The number of nitrogens with one attached hydrogen (secondary N) is 2. The number of aromatic nitrogens is 2. The van der Waals surface area contributed by atoms with Crippen molar-refractivity contribution in [1.29, 1.82) is 0 Å². The first-order valence-electron chi connectivity index (χ1n) is 9.33. The van der Waals surface area contributed by atoms with Crippen LogP contribution in [-0.2, 0) is 4.79 Å². The van der Waals surface area contributed by atoms with Gasteiger partial charge in [0.25, 0.3) is 11.6 Å². The number of fused-ring (bicyclic) bond motifs is 1. The minimum absolute atomic E-state index is 0.0147. The predicted molar refractivity (Wildman–Crippen MR) is 111 cm³/mol. The van der Waals surface area contributed by atoms with Crippen molar-refractivity contribution in [1.82, 2.24) is 9.97 Å². The van der Waals surface area contributed by atoms with Crippen molar-refractivity contribution in [3.8, 4) is 17.1 Å². The van der Waals surface area contributed by atoms with Gasteiger partial charge in [-0.05, 0) is 31.5 Å². The Hall–Kier alpha value is -4.01. The molecule has 0 aliphatic carbocycles. The number of carbonyl (C=O) groups is 1. The van der Waals surface area contributed by atoms with E-state index in [4.69, 9.17) is 4.74 Å². The first kappa shape index (κ1) is 19.3. The maximum atomic E-state index is 11.6. The van der Waals surface area contributed by atoms with Crippen molar-refractivity contribution in [2.24, 2.45) is 0 Å². The summed E-state index contributed by atoms with van der Waals surface area (Å²) in [6.45, 7) is 3.82. The van der Waals surface area contributed by atoms with Crippen LogP contribution in [-0.4, -0.2) is 27.4 Å². The highest BCUT2D eigenvalue weighted by Crippen LogP contribution is 2.31. The fourth-order valence-corrected chi connectivity index (χ4v) is 3.21. The summed E-state index contributed by atoms with van der Waals surface area (Å²) < 4.78 is 5.39. The highest BCUT2D eigenvalue weighted by molar-refractivity contribution is 5.95. The van der Waals surface area contributed by atoms with Crippen molar-refractivity contribution in [3.63, 3.8) is 0 Å². The molecule has 0 radical (unpaired) electrons. The maximum Gasteiger partial charge on any atom is 0.270 e. The normalized spacial score (nSPS) is 13.6. The second-order valence-corrected chi connectivity index (χ2v) is 6.98. The van der Waals surface area contributed by atoms with Gasteiger partial charge < -0.3 is 15.4 Å². The number of carbonyl (C=O) groups excluding carboxylic acids is 1. The minimum Gasteiger partial charge on any atom is -0.482 e. The van der Waals surface area contributed by atoms with Crippen LogP contribution in [0.15, 0.2) is 48.5 Å². The Balaban J connectivity index is 1.59. The largest absolute Gasteiger partial charge is 0.482 e. The molecular weight excluding hydrogens is 386 g/mol. The number of ether oxygens (including phenoxy) is 1. The van der Waals surface area contributed by atoms with Gasteiger partial charge in [0.1, 0.15) is 11.6 Å². The highest BCUT2D eigenvalue weighted by atomic mass is 16.6. The van der Waals surface area contributed by atoms with E-state index in [1.807, 2.05) is 32.0 Å². The van der Waals surface area contributed by atoms with E-state index in [1.54, 1.807) is 18.2 Å². The second-order valence-electron chi connectivity index (χ2n) is 6.98. The maximum absolute atomic E-state index is 11.6. The Morgan fingerprint density at radius 2 is 2.03 bits per heavy atom. The van der Waals surface area contributed by atoms with Crippen LogP contribution in [0.4, 0.5) is 17.2 Å². The lowest BCUT2D eigenvalue weighted by molar-refractivity contribution is -0.384. The summed E-state index contributed by atoms with van der Waals surface area (Å²) in [7, 11) is 0. The lowest BCUT2D eigenvalue weighted by atomic mass is 10.1. The molecule has 2 aromatic carbocycles. The van der Waals surface area contributed by atoms with Crippen molar-refractivity contribution < 1.29 is 14.5 Å². The number of nitro groups is 1. The van der Waals surface area contributed by atoms with Gasteiger partial charge in [0.2, 0.25) is 0 Å². The zero-order valence-corrected chi connectivity index (χ0v) is 16.4. The third kappa shape index (κ3) is 4.04. The van der Waals surface area contributed by atoms with Crippen molar-refractivity contribution in [2.75, 3.05) is 17.2 Å². The van der Waals surface area contributed by atoms with Crippen LogP contribution >= 0.6 is 0 Å². The van der Waals surface area contributed by atoms with E-state index in [0.717, 1.165) is 11.3 Å². The van der Waals surface area contributed by atoms with Gasteiger partial charge in [-0.2, -0.15) is 0 Å². The number of non-ortho nitro benzene ring substituents is 1. The van der Waals surface area contributed by atoms with Gasteiger partial charge in [-0.25, -0.2) is 9.97 Å². The SMILES string of the molecule is Cc1cc(NC(C)c2ccc3c(c2)NC(=O)CO3)nc(-c2cccc([N+](=O)[O-])c2)n1. The van der Waals surface area contributed by atoms with E-state index in [0.29, 0.717) is 28.6 Å². The predicted octanol–water partition coefficient (Wildman–Crippen LogP) is 3.86. The first-order chi connectivity index (χ1) is 14.4. The van der Waals surface area contributed by atoms with Crippen LogP contribution in [0.2, 0.25) is 0 Å². The van der Waals surface area contributed by atoms with E-state index in [1.165, 1.54) is 12.1 Å². The van der Waals surface area contributed by atoms with Gasteiger partial charge >= 0.3 is 0 Å². The fourth-order valence-electron chi connectivity index (χ4n) is 3.21. The molecule has 0 saturated heterocycles. The summed E-state index contributed by atoms with van der Waals surface area (Å²) in [5.74, 6) is 1.44. The van der Waals surface area contributed by atoms with Crippen molar-refractivity contribution in [3.05, 3.63) is 69.9 Å². The van der Waals surface area contributed by atoms with E-state index in [-0.39, 0.29) is 24.2 Å². The smallest absolute Gasteiger partial charge is 0.270 e. The molecule has 0 fully saturated rings. The number of hydrogen-bond acceptors (Lipinski definition) is 7. The monoisotopic (exact) mass is 405 g/mol. The summed E-state index contributed by atoms with van der Waals surface area (Å²) in [6.07, 6.45) is 0. The third-order valence-corrected chi connectivity index (χ3v) is 4.67. The van der Waals surface area contributed by atoms with E-state index in [2.05, 4.69) is 20.6 Å². The Labute approximate surface area is 172 Å². The molecular formula is C21H19N5O4. The minimum atomic E-state index is -0.445. The van der Waals surface area contributed by atoms with Crippen LogP contribution < -0.4 is 15.4 Å². The molecule has 0 spiro atoms. The van der Waals surface area contributed by atoms with Crippen molar-refractivity contribution >= 4 is 23.1 Å². The average Bonchev–Trinajstić information content (AvgIpc) is 2.72. The van der Waals surface area contributed by atoms with Crippen LogP contribution in [0.3, 0.4) is 0 Å². The Morgan fingerprint density at radius 1 is 1.20 bits per heavy atom. The topological polar surface area (TPSA) is 119 Å².